The van der Waals surface area contributed by atoms with Gasteiger partial charge in [-0.15, -0.1) is 0 Å². The minimum atomic E-state index is -0.316. The predicted molar refractivity (Wildman–Crippen MR) is 140 cm³/mol. The maximum absolute atomic E-state index is 13.5. The van der Waals surface area contributed by atoms with Crippen LogP contribution >= 0.6 is 0 Å². The van der Waals surface area contributed by atoms with E-state index in [4.69, 9.17) is 0 Å². The number of anilines is 1. The van der Waals surface area contributed by atoms with Crippen molar-refractivity contribution in [3.05, 3.63) is 102 Å². The molecule has 5 nitrogen and oxygen atoms in total. The fraction of sp³-hybridized carbons (Fsp3) is 0.267. The van der Waals surface area contributed by atoms with Crippen LogP contribution in [0.5, 0.6) is 0 Å². The summed E-state index contributed by atoms with van der Waals surface area (Å²) >= 11 is 0. The molecule has 0 bridgehead atoms. The molecule has 182 valence electrons. The number of aromatic nitrogens is 2. The Hall–Kier alpha value is -3.77. The summed E-state index contributed by atoms with van der Waals surface area (Å²) in [5.41, 5.74) is 6.17. The van der Waals surface area contributed by atoms with Gasteiger partial charge in [-0.1, -0.05) is 42.8 Å². The maximum Gasteiger partial charge on any atom is 0.276 e. The fourth-order valence-corrected chi connectivity index (χ4v) is 5.22. The topological polar surface area (TPSA) is 50.2 Å². The van der Waals surface area contributed by atoms with E-state index in [-0.39, 0.29) is 11.7 Å². The third kappa shape index (κ3) is 4.56. The number of halogens is 1. The average Bonchev–Trinajstić information content (AvgIpc) is 3.22. The number of hydrogen-bond acceptors (Lipinski definition) is 3. The first-order valence-electron chi connectivity index (χ1n) is 12.7. The van der Waals surface area contributed by atoms with Crippen molar-refractivity contribution in [3.63, 3.8) is 0 Å². The van der Waals surface area contributed by atoms with Gasteiger partial charge in [0.05, 0.1) is 11.4 Å². The minimum absolute atomic E-state index is 0.266. The summed E-state index contributed by atoms with van der Waals surface area (Å²) in [7, 11) is 0. The molecule has 2 heterocycles. The van der Waals surface area contributed by atoms with Gasteiger partial charge < -0.3 is 5.32 Å². The molecule has 1 aliphatic heterocycles. The summed E-state index contributed by atoms with van der Waals surface area (Å²) in [5.74, 6) is -0.582. The second-order valence-corrected chi connectivity index (χ2v) is 9.73. The first kappa shape index (κ1) is 22.7. The van der Waals surface area contributed by atoms with Gasteiger partial charge in [-0.05, 0) is 79.3 Å². The molecule has 6 rings (SSSR count). The quantitative estimate of drug-likeness (QED) is 0.388. The second kappa shape index (κ2) is 9.70. The minimum Gasteiger partial charge on any atom is -0.321 e. The molecule has 1 N–H and O–H groups in total. The molecule has 1 saturated carbocycles. The average molecular weight is 481 g/mol. The molecule has 0 atom stereocenters. The molecule has 0 spiro atoms. The molecule has 1 amide bonds. The lowest BCUT2D eigenvalue weighted by atomic mass is 9.91. The monoisotopic (exact) mass is 480 g/mol. The van der Waals surface area contributed by atoms with E-state index in [1.54, 1.807) is 22.9 Å². The van der Waals surface area contributed by atoms with Crippen LogP contribution in [-0.4, -0.2) is 39.7 Å². The van der Waals surface area contributed by atoms with Crippen LogP contribution in [0, 0.1) is 5.82 Å². The number of nitrogens with one attached hydrogen (secondary N) is 1. The van der Waals surface area contributed by atoms with Crippen molar-refractivity contribution in [2.24, 2.45) is 0 Å². The van der Waals surface area contributed by atoms with Crippen molar-refractivity contribution in [3.8, 4) is 16.9 Å². The summed E-state index contributed by atoms with van der Waals surface area (Å²) in [4.78, 5) is 15.9. The van der Waals surface area contributed by atoms with E-state index in [2.05, 4.69) is 27.4 Å². The molecule has 3 aromatic carbocycles. The Morgan fingerprint density at radius 1 is 0.889 bits per heavy atom. The molecule has 6 heteroatoms. The highest BCUT2D eigenvalue weighted by molar-refractivity contribution is 6.03. The van der Waals surface area contributed by atoms with Gasteiger partial charge in [-0.2, -0.15) is 5.10 Å². The van der Waals surface area contributed by atoms with Gasteiger partial charge in [0.1, 0.15) is 5.82 Å². The SMILES string of the molecule is O=C(Nc1ccc2c(c1)CCN(C1CCC1)CC2)c1cc(-c2ccccc2)n(-c2ccc(F)cc2)n1. The lowest BCUT2D eigenvalue weighted by molar-refractivity contribution is 0.102. The number of amides is 1. The van der Waals surface area contributed by atoms with Crippen LogP contribution in [0.2, 0.25) is 0 Å². The number of carbonyl (C=O) groups excluding carboxylic acids is 1. The summed E-state index contributed by atoms with van der Waals surface area (Å²) in [6, 6.07) is 24.7. The van der Waals surface area contributed by atoms with Crippen LogP contribution in [0.3, 0.4) is 0 Å². The third-order valence-electron chi connectivity index (χ3n) is 7.47. The molecule has 2 aliphatic rings. The Bertz CT molecular complexity index is 1380. The smallest absolute Gasteiger partial charge is 0.276 e. The number of benzene rings is 3. The van der Waals surface area contributed by atoms with Crippen LogP contribution in [-0.2, 0) is 12.8 Å². The Balaban J connectivity index is 1.25. The number of rotatable bonds is 5. The van der Waals surface area contributed by atoms with Crippen LogP contribution < -0.4 is 5.32 Å². The van der Waals surface area contributed by atoms with Gasteiger partial charge in [0.2, 0.25) is 0 Å². The zero-order chi connectivity index (χ0) is 24.5. The molecule has 1 aliphatic carbocycles. The first-order valence-corrected chi connectivity index (χ1v) is 12.7. The maximum atomic E-state index is 13.5. The van der Waals surface area contributed by atoms with Crippen molar-refractivity contribution < 1.29 is 9.18 Å². The van der Waals surface area contributed by atoms with Gasteiger partial charge in [0.15, 0.2) is 5.69 Å². The number of hydrogen-bond donors (Lipinski definition) is 1. The molecule has 0 radical (unpaired) electrons. The summed E-state index contributed by atoms with van der Waals surface area (Å²) < 4.78 is 15.2. The van der Waals surface area contributed by atoms with Crippen LogP contribution in [0.4, 0.5) is 10.1 Å². The van der Waals surface area contributed by atoms with Crippen LogP contribution in [0.25, 0.3) is 16.9 Å². The highest BCUT2D eigenvalue weighted by atomic mass is 19.1. The van der Waals surface area contributed by atoms with Crippen molar-refractivity contribution >= 4 is 11.6 Å². The molecule has 0 unspecified atom stereocenters. The van der Waals surface area contributed by atoms with E-state index in [9.17, 15) is 9.18 Å². The van der Waals surface area contributed by atoms with Gasteiger partial charge in [-0.3, -0.25) is 9.69 Å². The van der Waals surface area contributed by atoms with Gasteiger partial charge >= 0.3 is 0 Å². The second-order valence-electron chi connectivity index (χ2n) is 9.73. The number of fused-ring (bicyclic) bond motifs is 1. The molecule has 1 aromatic heterocycles. The van der Waals surface area contributed by atoms with E-state index in [1.165, 1.54) is 42.5 Å². The molecular formula is C30H29FN4O. The fourth-order valence-electron chi connectivity index (χ4n) is 5.22. The van der Waals surface area contributed by atoms with Crippen LogP contribution in [0.1, 0.15) is 40.9 Å². The zero-order valence-corrected chi connectivity index (χ0v) is 20.2. The Morgan fingerprint density at radius 3 is 2.36 bits per heavy atom. The van der Waals surface area contributed by atoms with E-state index >= 15 is 0 Å². The van der Waals surface area contributed by atoms with Crippen molar-refractivity contribution in [1.29, 1.82) is 0 Å². The summed E-state index contributed by atoms with van der Waals surface area (Å²) in [6.07, 6.45) is 6.07. The summed E-state index contributed by atoms with van der Waals surface area (Å²) in [5, 5.41) is 7.66. The van der Waals surface area contributed by atoms with Gasteiger partial charge in [0.25, 0.3) is 5.91 Å². The van der Waals surface area contributed by atoms with Crippen LogP contribution in [0.15, 0.2) is 78.9 Å². The largest absolute Gasteiger partial charge is 0.321 e. The van der Waals surface area contributed by atoms with E-state index in [0.717, 1.165) is 48.9 Å². The zero-order valence-electron chi connectivity index (χ0n) is 20.2. The molecular weight excluding hydrogens is 451 g/mol. The third-order valence-corrected chi connectivity index (χ3v) is 7.47. The van der Waals surface area contributed by atoms with E-state index in [0.29, 0.717) is 11.4 Å². The predicted octanol–water partition coefficient (Wildman–Crippen LogP) is 5.88. The Kier molecular flexibility index (Phi) is 6.11. The van der Waals surface area contributed by atoms with E-state index in [1.807, 2.05) is 36.4 Å². The summed E-state index contributed by atoms with van der Waals surface area (Å²) in [6.45, 7) is 2.20. The van der Waals surface area contributed by atoms with Gasteiger partial charge in [0, 0.05) is 30.4 Å². The standard InChI is InChI=1S/C30H29FN4O/c31-24-10-13-27(14-11-24)35-29(22-5-2-1-3-6-22)20-28(33-35)30(36)32-25-12-9-21-15-17-34(26-7-4-8-26)18-16-23(21)19-25/h1-3,5-6,9-14,19-20,26H,4,7-8,15-18H2,(H,32,36). The highest BCUT2D eigenvalue weighted by Crippen LogP contribution is 2.29. The Labute approximate surface area is 210 Å². The normalized spacial score (nSPS) is 16.1. The first-order chi connectivity index (χ1) is 17.6. The molecule has 1 fully saturated rings. The lowest BCUT2D eigenvalue weighted by Gasteiger charge is -2.36. The van der Waals surface area contributed by atoms with Crippen molar-refractivity contribution in [1.82, 2.24) is 14.7 Å². The van der Waals surface area contributed by atoms with E-state index < -0.39 is 0 Å². The van der Waals surface area contributed by atoms with Crippen molar-refractivity contribution in [2.45, 2.75) is 38.1 Å². The lowest BCUT2D eigenvalue weighted by Crippen LogP contribution is -2.41. The molecule has 36 heavy (non-hydrogen) atoms. The number of carbonyl (C=O) groups is 1. The van der Waals surface area contributed by atoms with Crippen molar-refractivity contribution in [2.75, 3.05) is 18.4 Å². The molecule has 4 aromatic rings. The molecule has 0 saturated heterocycles. The highest BCUT2D eigenvalue weighted by Gasteiger charge is 2.26. The van der Waals surface area contributed by atoms with Gasteiger partial charge in [-0.25, -0.2) is 9.07 Å². The Morgan fingerprint density at radius 2 is 1.64 bits per heavy atom. The number of nitrogens with zero attached hydrogens (tertiary/aromatic N) is 3.